The van der Waals surface area contributed by atoms with Crippen LogP contribution in [0.3, 0.4) is 0 Å². The Balaban J connectivity index is 0.00000289. The molecule has 1 aliphatic rings. The normalized spacial score (nSPS) is 14.9. The number of nitrogens with one attached hydrogen (secondary N) is 1. The van der Waals surface area contributed by atoms with Gasteiger partial charge in [0.2, 0.25) is 11.8 Å². The van der Waals surface area contributed by atoms with E-state index in [0.29, 0.717) is 18.9 Å². The topological polar surface area (TPSA) is 65.5 Å². The molecule has 1 N–H and O–H groups in total. The number of aromatic nitrogens is 1. The van der Waals surface area contributed by atoms with E-state index in [1.165, 1.54) is 0 Å². The minimum Gasteiger partial charge on any atom is -0.335 e. The minimum absolute atomic E-state index is 0. The number of rotatable bonds is 4. The zero-order valence-electron chi connectivity index (χ0n) is 18.4. The Morgan fingerprint density at radius 3 is 2.75 bits per heavy atom. The van der Waals surface area contributed by atoms with E-state index < -0.39 is 0 Å². The molecular weight excluding hydrogens is 424 g/mol. The maximum absolute atomic E-state index is 12.9. The fourth-order valence-corrected chi connectivity index (χ4v) is 3.92. The lowest BCUT2D eigenvalue weighted by Crippen LogP contribution is -2.28. The number of hydrogen-bond donors (Lipinski definition) is 1. The molecular formula is C25H27ClN4O2. The molecule has 0 aliphatic carbocycles. The average molecular weight is 451 g/mol. The second kappa shape index (κ2) is 9.94. The van der Waals surface area contributed by atoms with Crippen LogP contribution in [0.25, 0.3) is 16.8 Å². The van der Waals surface area contributed by atoms with Gasteiger partial charge in [-0.1, -0.05) is 42.5 Å². The Bertz CT molecular complexity index is 1170. The molecule has 1 aromatic heterocycles. The molecule has 1 atom stereocenters. The monoisotopic (exact) mass is 450 g/mol. The van der Waals surface area contributed by atoms with E-state index in [1.807, 2.05) is 50.2 Å². The van der Waals surface area contributed by atoms with Crippen molar-refractivity contribution in [2.75, 3.05) is 26.0 Å². The fourth-order valence-electron chi connectivity index (χ4n) is 3.92. The number of carbonyl (C=O) groups excluding carboxylic acids is 2. The number of anilines is 1. The first-order valence-corrected chi connectivity index (χ1v) is 10.3. The van der Waals surface area contributed by atoms with Gasteiger partial charge in [0.25, 0.3) is 0 Å². The zero-order valence-corrected chi connectivity index (χ0v) is 19.2. The van der Waals surface area contributed by atoms with Crippen LogP contribution in [0.15, 0.2) is 60.8 Å². The van der Waals surface area contributed by atoms with Gasteiger partial charge < -0.3 is 10.2 Å². The molecule has 0 bridgehead atoms. The Morgan fingerprint density at radius 1 is 1.19 bits per heavy atom. The van der Waals surface area contributed by atoms with Crippen LogP contribution >= 0.6 is 12.4 Å². The Hall–Kier alpha value is -3.22. The van der Waals surface area contributed by atoms with Crippen LogP contribution in [0, 0.1) is 0 Å². The number of fused-ring (bicyclic) bond motifs is 2. The molecule has 0 unspecified atom stereocenters. The second-order valence-corrected chi connectivity index (χ2v) is 8.02. The fraction of sp³-hybridized carbons (Fsp3) is 0.240. The van der Waals surface area contributed by atoms with Gasteiger partial charge in [-0.25, -0.2) is 4.98 Å². The van der Waals surface area contributed by atoms with Crippen molar-refractivity contribution in [2.24, 2.45) is 0 Å². The average Bonchev–Trinajstić information content (AvgIpc) is 2.91. The Kier molecular flexibility index (Phi) is 7.28. The van der Waals surface area contributed by atoms with Gasteiger partial charge in [-0.05, 0) is 48.0 Å². The third kappa shape index (κ3) is 4.98. The van der Waals surface area contributed by atoms with Crippen LogP contribution in [0.1, 0.15) is 29.7 Å². The van der Waals surface area contributed by atoms with E-state index in [9.17, 15) is 9.59 Å². The van der Waals surface area contributed by atoms with Gasteiger partial charge in [-0.2, -0.15) is 0 Å². The van der Waals surface area contributed by atoms with E-state index >= 15 is 0 Å². The number of benzene rings is 2. The van der Waals surface area contributed by atoms with Gasteiger partial charge >= 0.3 is 0 Å². The Labute approximate surface area is 194 Å². The molecule has 0 radical (unpaired) electrons. The van der Waals surface area contributed by atoms with Crippen LogP contribution in [0.5, 0.6) is 0 Å². The summed E-state index contributed by atoms with van der Waals surface area (Å²) >= 11 is 0. The highest BCUT2D eigenvalue weighted by Crippen LogP contribution is 2.27. The van der Waals surface area contributed by atoms with Crippen molar-refractivity contribution in [3.63, 3.8) is 0 Å². The number of amides is 2. The lowest BCUT2D eigenvalue weighted by atomic mass is 9.99. The summed E-state index contributed by atoms with van der Waals surface area (Å²) in [5.74, 6) is 0.427. The molecule has 2 aromatic carbocycles. The predicted molar refractivity (Wildman–Crippen MR) is 131 cm³/mol. The smallest absolute Gasteiger partial charge is 0.246 e. The van der Waals surface area contributed by atoms with Crippen molar-refractivity contribution >= 4 is 46.9 Å². The van der Waals surface area contributed by atoms with E-state index in [4.69, 9.17) is 0 Å². The van der Waals surface area contributed by atoms with Gasteiger partial charge in [-0.15, -0.1) is 12.4 Å². The highest BCUT2D eigenvalue weighted by Gasteiger charge is 2.19. The lowest BCUT2D eigenvalue weighted by molar-refractivity contribution is -0.126. The summed E-state index contributed by atoms with van der Waals surface area (Å²) < 4.78 is 0. The predicted octanol–water partition coefficient (Wildman–Crippen LogP) is 4.27. The van der Waals surface area contributed by atoms with E-state index in [-0.39, 0.29) is 30.3 Å². The maximum atomic E-state index is 12.9. The number of nitrogens with zero attached hydrogens (tertiary/aromatic N) is 3. The summed E-state index contributed by atoms with van der Waals surface area (Å²) in [5, 5.41) is 5.14. The number of pyridine rings is 1. The number of hydrogen-bond acceptors (Lipinski definition) is 4. The summed E-state index contributed by atoms with van der Waals surface area (Å²) in [6, 6.07) is 16.3. The molecule has 2 amide bonds. The third-order valence-electron chi connectivity index (χ3n) is 5.72. The van der Waals surface area contributed by atoms with E-state index in [0.717, 1.165) is 27.5 Å². The highest BCUT2D eigenvalue weighted by atomic mass is 35.5. The van der Waals surface area contributed by atoms with Crippen molar-refractivity contribution < 1.29 is 9.59 Å². The van der Waals surface area contributed by atoms with Gasteiger partial charge in [-0.3, -0.25) is 14.5 Å². The van der Waals surface area contributed by atoms with E-state index in [2.05, 4.69) is 34.6 Å². The largest absolute Gasteiger partial charge is 0.335 e. The van der Waals surface area contributed by atoms with Crippen molar-refractivity contribution in [3.8, 4) is 0 Å². The first-order valence-electron chi connectivity index (χ1n) is 10.3. The third-order valence-corrected chi connectivity index (χ3v) is 5.72. The van der Waals surface area contributed by atoms with Crippen molar-refractivity contribution in [1.29, 1.82) is 0 Å². The first kappa shape index (κ1) is 23.4. The molecule has 0 spiro atoms. The van der Waals surface area contributed by atoms with Gasteiger partial charge in [0.15, 0.2) is 0 Å². The van der Waals surface area contributed by atoms with Crippen LogP contribution in [0.4, 0.5) is 5.82 Å². The van der Waals surface area contributed by atoms with Crippen LogP contribution in [0.2, 0.25) is 0 Å². The molecule has 1 aliphatic heterocycles. The molecule has 6 nitrogen and oxygen atoms in total. The minimum atomic E-state index is -0.0826. The molecule has 32 heavy (non-hydrogen) atoms. The zero-order chi connectivity index (χ0) is 22.0. The molecule has 2 heterocycles. The molecule has 0 saturated heterocycles. The van der Waals surface area contributed by atoms with E-state index in [1.54, 1.807) is 23.2 Å². The van der Waals surface area contributed by atoms with Crippen LogP contribution in [-0.2, 0) is 16.1 Å². The lowest BCUT2D eigenvalue weighted by Gasteiger charge is -2.25. The standard InChI is InChI=1S/C25H26N4O2.ClH/c1-17(21-10-6-8-19-7-4-5-9-22(19)21)29(3)24(31)12-11-18-13-20-15-28(2)16-23(30)27-25(20)26-14-18;/h4-14,17H,15-16H2,1-3H3,(H,26,27,30);1H/b12-11+;/t17-;/m0./s1. The summed E-state index contributed by atoms with van der Waals surface area (Å²) in [7, 11) is 3.71. The summed E-state index contributed by atoms with van der Waals surface area (Å²) in [5.41, 5.74) is 2.87. The van der Waals surface area contributed by atoms with Gasteiger partial charge in [0, 0.05) is 31.4 Å². The molecule has 166 valence electrons. The van der Waals surface area contributed by atoms with Gasteiger partial charge in [0.05, 0.1) is 12.6 Å². The summed E-state index contributed by atoms with van der Waals surface area (Å²) in [6.07, 6.45) is 5.01. The van der Waals surface area contributed by atoms with Crippen molar-refractivity contribution in [2.45, 2.75) is 19.5 Å². The molecule has 4 rings (SSSR count). The molecule has 3 aromatic rings. The summed E-state index contributed by atoms with van der Waals surface area (Å²) in [6.45, 7) is 2.99. The SMILES string of the molecule is C[C@@H](c1cccc2ccccc12)N(C)C(=O)/C=C/c1cnc2c(c1)CN(C)CC(=O)N2.Cl. The van der Waals surface area contributed by atoms with Crippen molar-refractivity contribution in [1.82, 2.24) is 14.8 Å². The summed E-state index contributed by atoms with van der Waals surface area (Å²) in [4.78, 5) is 32.7. The number of carbonyl (C=O) groups is 2. The van der Waals surface area contributed by atoms with Crippen LogP contribution < -0.4 is 5.32 Å². The quantitative estimate of drug-likeness (QED) is 0.603. The van der Waals surface area contributed by atoms with Gasteiger partial charge in [0.1, 0.15) is 5.82 Å². The first-order chi connectivity index (χ1) is 14.9. The Morgan fingerprint density at radius 2 is 1.94 bits per heavy atom. The molecule has 7 heteroatoms. The maximum Gasteiger partial charge on any atom is 0.246 e. The number of likely N-dealkylation sites (N-methyl/N-ethyl adjacent to an activating group) is 2. The molecule has 0 fully saturated rings. The second-order valence-electron chi connectivity index (χ2n) is 8.02. The van der Waals surface area contributed by atoms with Crippen molar-refractivity contribution in [3.05, 3.63) is 77.5 Å². The van der Waals surface area contributed by atoms with Crippen LogP contribution in [-0.4, -0.2) is 47.2 Å². The molecule has 0 saturated carbocycles. The highest BCUT2D eigenvalue weighted by molar-refractivity contribution is 5.94. The number of halogens is 1.